The van der Waals surface area contributed by atoms with Gasteiger partial charge in [-0.05, 0) is 56.7 Å². The van der Waals surface area contributed by atoms with Crippen LogP contribution in [0.2, 0.25) is 0 Å². The standard InChI is InChI=1S/C21H26N2O4/c1-5-23(6-2)21(25)16-8-7-9-17(13-16)22-20(24)14-27-18-11-10-15(3)12-19(18)26-4/h7-13H,5-6,14H2,1-4H3,(H,22,24). The minimum Gasteiger partial charge on any atom is -0.493 e. The van der Waals surface area contributed by atoms with Crippen LogP contribution >= 0.6 is 0 Å². The fourth-order valence-corrected chi connectivity index (χ4v) is 2.66. The molecule has 0 aliphatic rings. The lowest BCUT2D eigenvalue weighted by Gasteiger charge is -2.19. The Morgan fingerprint density at radius 2 is 1.78 bits per heavy atom. The number of carbonyl (C=O) groups is 2. The molecule has 2 amide bonds. The van der Waals surface area contributed by atoms with Crippen LogP contribution in [0.1, 0.15) is 29.8 Å². The van der Waals surface area contributed by atoms with Crippen LogP contribution in [0.15, 0.2) is 42.5 Å². The zero-order valence-electron chi connectivity index (χ0n) is 16.2. The predicted molar refractivity (Wildman–Crippen MR) is 106 cm³/mol. The van der Waals surface area contributed by atoms with E-state index < -0.39 is 0 Å². The van der Waals surface area contributed by atoms with Gasteiger partial charge in [0, 0.05) is 24.3 Å². The summed E-state index contributed by atoms with van der Waals surface area (Å²) < 4.78 is 10.8. The molecule has 2 aromatic carbocycles. The molecule has 6 heteroatoms. The third-order valence-electron chi connectivity index (χ3n) is 4.12. The van der Waals surface area contributed by atoms with E-state index in [1.807, 2.05) is 32.9 Å². The van der Waals surface area contributed by atoms with Crippen molar-refractivity contribution >= 4 is 17.5 Å². The number of ether oxygens (including phenoxy) is 2. The summed E-state index contributed by atoms with van der Waals surface area (Å²) in [5.41, 5.74) is 2.13. The minimum atomic E-state index is -0.315. The fourth-order valence-electron chi connectivity index (χ4n) is 2.66. The van der Waals surface area contributed by atoms with Gasteiger partial charge < -0.3 is 19.7 Å². The van der Waals surface area contributed by atoms with Crippen molar-refractivity contribution in [3.8, 4) is 11.5 Å². The van der Waals surface area contributed by atoms with Crippen LogP contribution in [0, 0.1) is 6.92 Å². The second kappa shape index (κ2) is 9.62. The third kappa shape index (κ3) is 5.48. The summed E-state index contributed by atoms with van der Waals surface area (Å²) in [6, 6.07) is 12.4. The predicted octanol–water partition coefficient (Wildman–Crippen LogP) is 3.50. The Kier molecular flexibility index (Phi) is 7.23. The first-order chi connectivity index (χ1) is 13.0. The lowest BCUT2D eigenvalue weighted by atomic mass is 10.1. The minimum absolute atomic E-state index is 0.0586. The van der Waals surface area contributed by atoms with E-state index in [2.05, 4.69) is 5.32 Å². The normalized spacial score (nSPS) is 10.2. The van der Waals surface area contributed by atoms with Gasteiger partial charge in [-0.1, -0.05) is 12.1 Å². The van der Waals surface area contributed by atoms with Crippen LogP contribution in [-0.4, -0.2) is 43.5 Å². The van der Waals surface area contributed by atoms with E-state index in [9.17, 15) is 9.59 Å². The summed E-state index contributed by atoms with van der Waals surface area (Å²) >= 11 is 0. The molecule has 0 heterocycles. The van der Waals surface area contributed by atoms with Crippen molar-refractivity contribution in [2.45, 2.75) is 20.8 Å². The summed E-state index contributed by atoms with van der Waals surface area (Å²) in [6.07, 6.45) is 0. The highest BCUT2D eigenvalue weighted by atomic mass is 16.5. The number of rotatable bonds is 8. The Balaban J connectivity index is 2.00. The van der Waals surface area contributed by atoms with Crippen LogP contribution in [0.5, 0.6) is 11.5 Å². The lowest BCUT2D eigenvalue weighted by molar-refractivity contribution is -0.118. The molecule has 0 radical (unpaired) electrons. The van der Waals surface area contributed by atoms with Gasteiger partial charge in [0.05, 0.1) is 7.11 Å². The van der Waals surface area contributed by atoms with Gasteiger partial charge in [-0.15, -0.1) is 0 Å². The molecule has 0 fully saturated rings. The SMILES string of the molecule is CCN(CC)C(=O)c1cccc(NC(=O)COc2ccc(C)cc2OC)c1. The molecule has 2 aromatic rings. The van der Waals surface area contributed by atoms with Crippen molar-refractivity contribution in [3.63, 3.8) is 0 Å². The quantitative estimate of drug-likeness (QED) is 0.772. The number of carbonyl (C=O) groups excluding carboxylic acids is 2. The average molecular weight is 370 g/mol. The lowest BCUT2D eigenvalue weighted by Crippen LogP contribution is -2.30. The van der Waals surface area contributed by atoms with Gasteiger partial charge in [-0.3, -0.25) is 9.59 Å². The van der Waals surface area contributed by atoms with Gasteiger partial charge in [0.1, 0.15) is 0 Å². The maximum Gasteiger partial charge on any atom is 0.262 e. The highest BCUT2D eigenvalue weighted by Gasteiger charge is 2.13. The molecule has 0 unspecified atom stereocenters. The Labute approximate surface area is 160 Å². The van der Waals surface area contributed by atoms with Gasteiger partial charge in [0.25, 0.3) is 11.8 Å². The summed E-state index contributed by atoms with van der Waals surface area (Å²) in [6.45, 7) is 6.93. The third-order valence-corrected chi connectivity index (χ3v) is 4.12. The molecular formula is C21H26N2O4. The van der Waals surface area contributed by atoms with Gasteiger partial charge >= 0.3 is 0 Å². The Morgan fingerprint density at radius 3 is 2.44 bits per heavy atom. The van der Waals surface area contributed by atoms with E-state index in [1.165, 1.54) is 0 Å². The first kappa shape index (κ1) is 20.3. The van der Waals surface area contributed by atoms with Crippen LogP contribution < -0.4 is 14.8 Å². The number of amides is 2. The largest absolute Gasteiger partial charge is 0.493 e. The van der Waals surface area contributed by atoms with Gasteiger partial charge in [0.2, 0.25) is 0 Å². The van der Waals surface area contributed by atoms with E-state index in [1.54, 1.807) is 42.3 Å². The van der Waals surface area contributed by atoms with Crippen molar-refractivity contribution in [2.24, 2.45) is 0 Å². The van der Waals surface area contributed by atoms with Crippen LogP contribution in [0.25, 0.3) is 0 Å². The molecule has 0 spiro atoms. The summed E-state index contributed by atoms with van der Waals surface area (Å²) in [5.74, 6) is 0.708. The molecule has 0 saturated heterocycles. The van der Waals surface area contributed by atoms with Crippen molar-refractivity contribution in [1.82, 2.24) is 4.90 Å². The fraction of sp³-hybridized carbons (Fsp3) is 0.333. The van der Waals surface area contributed by atoms with Crippen molar-refractivity contribution < 1.29 is 19.1 Å². The Bertz CT molecular complexity index is 801. The molecule has 144 valence electrons. The highest BCUT2D eigenvalue weighted by Crippen LogP contribution is 2.27. The number of nitrogens with one attached hydrogen (secondary N) is 1. The molecular weight excluding hydrogens is 344 g/mol. The van der Waals surface area contributed by atoms with Crippen LogP contribution in [0.3, 0.4) is 0 Å². The number of nitrogens with zero attached hydrogens (tertiary/aromatic N) is 1. The van der Waals surface area contributed by atoms with Crippen molar-refractivity contribution in [3.05, 3.63) is 53.6 Å². The number of anilines is 1. The van der Waals surface area contributed by atoms with E-state index in [0.29, 0.717) is 35.8 Å². The van der Waals surface area contributed by atoms with Gasteiger partial charge in [-0.25, -0.2) is 0 Å². The molecule has 2 rings (SSSR count). The van der Waals surface area contributed by atoms with E-state index in [-0.39, 0.29) is 18.4 Å². The molecule has 0 atom stereocenters. The molecule has 0 aliphatic heterocycles. The highest BCUT2D eigenvalue weighted by molar-refractivity contribution is 5.97. The average Bonchev–Trinajstić information content (AvgIpc) is 2.68. The summed E-state index contributed by atoms with van der Waals surface area (Å²) in [4.78, 5) is 26.4. The van der Waals surface area contributed by atoms with E-state index >= 15 is 0 Å². The van der Waals surface area contributed by atoms with E-state index in [4.69, 9.17) is 9.47 Å². The molecule has 0 aromatic heterocycles. The Hall–Kier alpha value is -3.02. The first-order valence-electron chi connectivity index (χ1n) is 8.95. The number of benzene rings is 2. The van der Waals surface area contributed by atoms with Crippen molar-refractivity contribution in [1.29, 1.82) is 0 Å². The van der Waals surface area contributed by atoms with Crippen LogP contribution in [0.4, 0.5) is 5.69 Å². The summed E-state index contributed by atoms with van der Waals surface area (Å²) in [7, 11) is 1.56. The monoisotopic (exact) mass is 370 g/mol. The summed E-state index contributed by atoms with van der Waals surface area (Å²) in [5, 5.41) is 2.76. The van der Waals surface area contributed by atoms with Crippen LogP contribution in [-0.2, 0) is 4.79 Å². The maximum atomic E-state index is 12.4. The molecule has 0 bridgehead atoms. The first-order valence-corrected chi connectivity index (χ1v) is 8.95. The Morgan fingerprint density at radius 1 is 1.04 bits per heavy atom. The molecule has 0 saturated carbocycles. The van der Waals surface area contributed by atoms with Gasteiger partial charge in [0.15, 0.2) is 18.1 Å². The number of methoxy groups -OCH3 is 1. The second-order valence-electron chi connectivity index (χ2n) is 6.05. The van der Waals surface area contributed by atoms with Gasteiger partial charge in [-0.2, -0.15) is 0 Å². The van der Waals surface area contributed by atoms with E-state index in [0.717, 1.165) is 5.56 Å². The molecule has 6 nitrogen and oxygen atoms in total. The smallest absolute Gasteiger partial charge is 0.262 e. The topological polar surface area (TPSA) is 67.9 Å². The number of hydrogen-bond donors (Lipinski definition) is 1. The molecule has 0 aliphatic carbocycles. The number of aryl methyl sites for hydroxylation is 1. The second-order valence-corrected chi connectivity index (χ2v) is 6.05. The zero-order valence-corrected chi connectivity index (χ0v) is 16.2. The molecule has 27 heavy (non-hydrogen) atoms. The van der Waals surface area contributed by atoms with Crippen molar-refractivity contribution in [2.75, 3.05) is 32.1 Å². The molecule has 1 N–H and O–H groups in total. The number of hydrogen-bond acceptors (Lipinski definition) is 4. The maximum absolute atomic E-state index is 12.4. The zero-order chi connectivity index (χ0) is 19.8.